The van der Waals surface area contributed by atoms with Crippen LogP contribution in [0.4, 0.5) is 0 Å². The average Bonchev–Trinajstić information content (AvgIpc) is 2.96. The highest BCUT2D eigenvalue weighted by molar-refractivity contribution is 5.11. The van der Waals surface area contributed by atoms with Crippen LogP contribution in [-0.4, -0.2) is 19.7 Å². The second-order valence-electron chi connectivity index (χ2n) is 5.26. The maximum Gasteiger partial charge on any atom is 0.0773 e. The predicted octanol–water partition coefficient (Wildman–Crippen LogP) is 2.09. The van der Waals surface area contributed by atoms with Gasteiger partial charge < -0.3 is 0 Å². The predicted molar refractivity (Wildman–Crippen MR) is 82.4 cm³/mol. The molecule has 1 unspecified atom stereocenters. The number of nitrogens with one attached hydrogen (secondary N) is 1. The van der Waals surface area contributed by atoms with Crippen LogP contribution in [0.25, 0.3) is 0 Å². The average molecular weight is 288 g/mol. The largest absolute Gasteiger partial charge is 0.271 e. The van der Waals surface area contributed by atoms with Gasteiger partial charge in [0.05, 0.1) is 35.4 Å². The molecular formula is C15H24N6. The van der Waals surface area contributed by atoms with Crippen molar-refractivity contribution < 1.29 is 0 Å². The maximum atomic E-state index is 5.66. The lowest BCUT2D eigenvalue weighted by atomic mass is 10.1. The highest BCUT2D eigenvalue weighted by Gasteiger charge is 2.15. The molecule has 0 aliphatic rings. The van der Waals surface area contributed by atoms with Gasteiger partial charge in [-0.25, -0.2) is 0 Å². The van der Waals surface area contributed by atoms with Gasteiger partial charge in [-0.3, -0.25) is 25.9 Å². The van der Waals surface area contributed by atoms with Crippen LogP contribution in [-0.2, 0) is 6.42 Å². The van der Waals surface area contributed by atoms with Crippen molar-refractivity contribution in [1.29, 1.82) is 0 Å². The molecule has 21 heavy (non-hydrogen) atoms. The first-order valence-corrected chi connectivity index (χ1v) is 7.46. The summed E-state index contributed by atoms with van der Waals surface area (Å²) in [5, 5.41) is 4.66. The summed E-state index contributed by atoms with van der Waals surface area (Å²) in [7, 11) is 0. The van der Waals surface area contributed by atoms with Gasteiger partial charge in [0, 0.05) is 18.8 Å². The van der Waals surface area contributed by atoms with Gasteiger partial charge in [0.25, 0.3) is 0 Å². The van der Waals surface area contributed by atoms with E-state index in [2.05, 4.69) is 34.3 Å². The summed E-state index contributed by atoms with van der Waals surface area (Å²) in [6, 6.07) is 2.43. The van der Waals surface area contributed by atoms with Crippen LogP contribution in [0.15, 0.2) is 24.7 Å². The molecule has 0 bridgehead atoms. The minimum atomic E-state index is -0.0804. The standard InChI is InChI=1S/C15H24N6/c1-4-13(5-2)21-7-6-12(20-21)8-14(19-16)15-10-17-11(3)9-18-15/h6-7,9-10,13-14,19H,4-5,8,16H2,1-3H3. The van der Waals surface area contributed by atoms with E-state index in [1.807, 2.05) is 23.9 Å². The van der Waals surface area contributed by atoms with Crippen molar-refractivity contribution in [1.82, 2.24) is 25.2 Å². The highest BCUT2D eigenvalue weighted by atomic mass is 15.3. The lowest BCUT2D eigenvalue weighted by Gasteiger charge is -2.15. The Labute approximate surface area is 125 Å². The first-order chi connectivity index (χ1) is 10.2. The quantitative estimate of drug-likeness (QED) is 0.602. The topological polar surface area (TPSA) is 81.7 Å². The van der Waals surface area contributed by atoms with Gasteiger partial charge in [0.2, 0.25) is 0 Å². The fourth-order valence-electron chi connectivity index (χ4n) is 2.39. The molecule has 0 spiro atoms. The second-order valence-corrected chi connectivity index (χ2v) is 5.26. The van der Waals surface area contributed by atoms with Crippen molar-refractivity contribution in [3.8, 4) is 0 Å². The summed E-state index contributed by atoms with van der Waals surface area (Å²) < 4.78 is 2.05. The fraction of sp³-hybridized carbons (Fsp3) is 0.533. The van der Waals surface area contributed by atoms with Gasteiger partial charge in [-0.2, -0.15) is 5.10 Å². The normalized spacial score (nSPS) is 12.8. The fourth-order valence-corrected chi connectivity index (χ4v) is 2.39. The van der Waals surface area contributed by atoms with Crippen LogP contribution in [0.5, 0.6) is 0 Å². The number of rotatable bonds is 7. The van der Waals surface area contributed by atoms with Crippen molar-refractivity contribution in [3.05, 3.63) is 41.7 Å². The summed E-state index contributed by atoms with van der Waals surface area (Å²) >= 11 is 0. The molecule has 0 radical (unpaired) electrons. The molecule has 0 aliphatic carbocycles. The maximum absolute atomic E-state index is 5.66. The second kappa shape index (κ2) is 7.28. The third kappa shape index (κ3) is 3.86. The zero-order valence-electron chi connectivity index (χ0n) is 13.0. The minimum absolute atomic E-state index is 0.0804. The molecule has 0 amide bonds. The van der Waals surface area contributed by atoms with Gasteiger partial charge in [-0.1, -0.05) is 13.8 Å². The smallest absolute Gasteiger partial charge is 0.0773 e. The van der Waals surface area contributed by atoms with Crippen LogP contribution in [0, 0.1) is 6.92 Å². The molecule has 2 aromatic rings. The molecule has 1 atom stereocenters. The lowest BCUT2D eigenvalue weighted by Crippen LogP contribution is -2.30. The molecule has 2 heterocycles. The molecule has 6 nitrogen and oxygen atoms in total. The van der Waals surface area contributed by atoms with E-state index in [4.69, 9.17) is 5.84 Å². The highest BCUT2D eigenvalue weighted by Crippen LogP contribution is 2.18. The Kier molecular flexibility index (Phi) is 5.41. The van der Waals surface area contributed by atoms with Crippen molar-refractivity contribution in [2.24, 2.45) is 5.84 Å². The number of nitrogens with zero attached hydrogens (tertiary/aromatic N) is 4. The number of hydrogen-bond acceptors (Lipinski definition) is 5. The molecule has 2 aromatic heterocycles. The van der Waals surface area contributed by atoms with E-state index in [0.29, 0.717) is 12.5 Å². The zero-order valence-corrected chi connectivity index (χ0v) is 13.0. The summed E-state index contributed by atoms with van der Waals surface area (Å²) in [5.74, 6) is 5.66. The monoisotopic (exact) mass is 288 g/mol. The van der Waals surface area contributed by atoms with Crippen molar-refractivity contribution in [3.63, 3.8) is 0 Å². The van der Waals surface area contributed by atoms with Crippen molar-refractivity contribution in [2.45, 2.75) is 52.1 Å². The van der Waals surface area contributed by atoms with E-state index in [1.165, 1.54) is 0 Å². The third-order valence-electron chi connectivity index (χ3n) is 3.75. The van der Waals surface area contributed by atoms with Crippen LogP contribution >= 0.6 is 0 Å². The molecule has 0 aromatic carbocycles. The Balaban J connectivity index is 2.10. The Bertz CT molecular complexity index is 544. The van der Waals surface area contributed by atoms with E-state index >= 15 is 0 Å². The van der Waals surface area contributed by atoms with Crippen molar-refractivity contribution >= 4 is 0 Å². The number of aryl methyl sites for hydroxylation is 1. The van der Waals surface area contributed by atoms with Crippen LogP contribution in [0.2, 0.25) is 0 Å². The lowest BCUT2D eigenvalue weighted by molar-refractivity contribution is 0.422. The molecule has 0 fully saturated rings. The molecule has 2 rings (SSSR count). The number of hydrazine groups is 1. The molecular weight excluding hydrogens is 264 g/mol. The van der Waals surface area contributed by atoms with E-state index in [1.54, 1.807) is 12.4 Å². The minimum Gasteiger partial charge on any atom is -0.271 e. The van der Waals surface area contributed by atoms with Gasteiger partial charge in [0.1, 0.15) is 0 Å². The van der Waals surface area contributed by atoms with Crippen LogP contribution < -0.4 is 11.3 Å². The van der Waals surface area contributed by atoms with Gasteiger partial charge >= 0.3 is 0 Å². The van der Waals surface area contributed by atoms with Crippen LogP contribution in [0.3, 0.4) is 0 Å². The first kappa shape index (κ1) is 15.6. The molecule has 114 valence electrons. The summed E-state index contributed by atoms with van der Waals surface area (Å²) in [5.41, 5.74) is 5.54. The molecule has 6 heteroatoms. The van der Waals surface area contributed by atoms with E-state index < -0.39 is 0 Å². The zero-order chi connectivity index (χ0) is 15.2. The van der Waals surface area contributed by atoms with E-state index in [9.17, 15) is 0 Å². The number of hydrogen-bond donors (Lipinski definition) is 2. The molecule has 3 N–H and O–H groups in total. The Morgan fingerprint density at radius 1 is 1.24 bits per heavy atom. The molecule has 0 aliphatic heterocycles. The third-order valence-corrected chi connectivity index (χ3v) is 3.75. The van der Waals surface area contributed by atoms with Crippen LogP contribution in [0.1, 0.15) is 55.9 Å². The summed E-state index contributed by atoms with van der Waals surface area (Å²) in [6.45, 7) is 6.28. The Morgan fingerprint density at radius 3 is 2.57 bits per heavy atom. The summed E-state index contributed by atoms with van der Waals surface area (Å²) in [4.78, 5) is 8.65. The van der Waals surface area contributed by atoms with Crippen molar-refractivity contribution in [2.75, 3.05) is 0 Å². The van der Waals surface area contributed by atoms with E-state index in [-0.39, 0.29) is 6.04 Å². The first-order valence-electron chi connectivity index (χ1n) is 7.46. The van der Waals surface area contributed by atoms with Gasteiger partial charge in [-0.05, 0) is 25.8 Å². The Morgan fingerprint density at radius 2 is 2.00 bits per heavy atom. The number of aromatic nitrogens is 4. The number of nitrogens with two attached hydrogens (primary N) is 1. The summed E-state index contributed by atoms with van der Waals surface area (Å²) in [6.07, 6.45) is 8.42. The SMILES string of the molecule is CCC(CC)n1ccc(CC(NN)c2cnc(C)cn2)n1. The Hall–Kier alpha value is -1.79. The van der Waals surface area contributed by atoms with Gasteiger partial charge in [0.15, 0.2) is 0 Å². The van der Waals surface area contributed by atoms with E-state index in [0.717, 1.165) is 29.9 Å². The molecule has 0 saturated carbocycles. The molecule has 0 saturated heterocycles. The van der Waals surface area contributed by atoms with Gasteiger partial charge in [-0.15, -0.1) is 0 Å².